The van der Waals surface area contributed by atoms with E-state index in [0.717, 1.165) is 17.9 Å². The van der Waals surface area contributed by atoms with Gasteiger partial charge in [0.2, 0.25) is 5.95 Å². The lowest BCUT2D eigenvalue weighted by Crippen LogP contribution is -2.35. The molecule has 2 N–H and O–H groups in total. The molecule has 0 unspecified atom stereocenters. The lowest BCUT2D eigenvalue weighted by molar-refractivity contribution is -0.141. The molecule has 2 aromatic rings. The predicted octanol–water partition coefficient (Wildman–Crippen LogP) is 1.10. The SMILES string of the molecule is O=C(O)[C@@H]1CN(Cc2cc(C3CC3)n[nH]2)CCN(c2ncccn2)C1. The average Bonchev–Trinajstić information content (AvgIpc) is 3.40. The van der Waals surface area contributed by atoms with Gasteiger partial charge in [-0.1, -0.05) is 0 Å². The number of rotatable bonds is 5. The summed E-state index contributed by atoms with van der Waals surface area (Å²) in [4.78, 5) is 24.3. The number of aromatic nitrogens is 4. The summed E-state index contributed by atoms with van der Waals surface area (Å²) in [7, 11) is 0. The van der Waals surface area contributed by atoms with Crippen molar-refractivity contribution in [2.75, 3.05) is 31.1 Å². The summed E-state index contributed by atoms with van der Waals surface area (Å²) >= 11 is 0. The minimum atomic E-state index is -0.781. The Balaban J connectivity index is 1.46. The molecule has 4 rings (SSSR count). The molecule has 0 spiro atoms. The van der Waals surface area contributed by atoms with Crippen molar-refractivity contribution in [3.05, 3.63) is 35.9 Å². The van der Waals surface area contributed by atoms with Gasteiger partial charge in [-0.25, -0.2) is 9.97 Å². The molecule has 132 valence electrons. The van der Waals surface area contributed by atoms with Crippen LogP contribution in [0.15, 0.2) is 24.5 Å². The number of aromatic amines is 1. The number of anilines is 1. The number of nitrogens with zero attached hydrogens (tertiary/aromatic N) is 5. The standard InChI is InChI=1S/C17H22N6O2/c24-16(25)13-9-22(11-14-8-15(21-20-14)12-2-3-12)6-7-23(10-13)17-18-4-1-5-19-17/h1,4-5,8,12-13H,2-3,6-7,9-11H2,(H,20,21)(H,24,25)/t13-/m1/s1. The first-order valence-corrected chi connectivity index (χ1v) is 8.70. The van der Waals surface area contributed by atoms with Crippen LogP contribution in [0.25, 0.3) is 0 Å². The smallest absolute Gasteiger partial charge is 0.309 e. The number of H-pyrrole nitrogens is 1. The van der Waals surface area contributed by atoms with E-state index in [1.54, 1.807) is 18.5 Å². The number of carboxylic acids is 1. The van der Waals surface area contributed by atoms with Crippen LogP contribution in [0.5, 0.6) is 0 Å². The van der Waals surface area contributed by atoms with Gasteiger partial charge < -0.3 is 10.0 Å². The second-order valence-corrected chi connectivity index (χ2v) is 6.86. The molecule has 2 aliphatic rings. The first-order chi connectivity index (χ1) is 12.2. The molecule has 8 heteroatoms. The maximum Gasteiger partial charge on any atom is 0.309 e. The van der Waals surface area contributed by atoms with Crippen LogP contribution in [0.1, 0.15) is 30.1 Å². The van der Waals surface area contributed by atoms with E-state index in [1.807, 2.05) is 4.90 Å². The Morgan fingerprint density at radius 2 is 2.04 bits per heavy atom. The lowest BCUT2D eigenvalue weighted by atomic mass is 10.1. The van der Waals surface area contributed by atoms with Gasteiger partial charge in [-0.3, -0.25) is 14.8 Å². The van der Waals surface area contributed by atoms with Crippen LogP contribution in [0.3, 0.4) is 0 Å². The Labute approximate surface area is 145 Å². The van der Waals surface area contributed by atoms with Gasteiger partial charge in [0.1, 0.15) is 0 Å². The van der Waals surface area contributed by atoms with Crippen LogP contribution in [-0.2, 0) is 11.3 Å². The van der Waals surface area contributed by atoms with E-state index in [9.17, 15) is 9.90 Å². The van der Waals surface area contributed by atoms with Crippen LogP contribution in [-0.4, -0.2) is 62.3 Å². The van der Waals surface area contributed by atoms with E-state index < -0.39 is 11.9 Å². The maximum absolute atomic E-state index is 11.7. The predicted molar refractivity (Wildman–Crippen MR) is 91.2 cm³/mol. The van der Waals surface area contributed by atoms with Crippen LogP contribution < -0.4 is 4.90 Å². The minimum absolute atomic E-state index is 0.423. The van der Waals surface area contributed by atoms with Crippen molar-refractivity contribution in [1.29, 1.82) is 0 Å². The van der Waals surface area contributed by atoms with E-state index in [2.05, 4.69) is 31.1 Å². The number of carbonyl (C=O) groups is 1. The van der Waals surface area contributed by atoms with Gasteiger partial charge in [0.05, 0.1) is 11.6 Å². The Morgan fingerprint density at radius 1 is 1.24 bits per heavy atom. The zero-order valence-electron chi connectivity index (χ0n) is 14.0. The van der Waals surface area contributed by atoms with Crippen molar-refractivity contribution >= 4 is 11.9 Å². The third kappa shape index (κ3) is 3.79. The summed E-state index contributed by atoms with van der Waals surface area (Å²) < 4.78 is 0. The molecule has 0 amide bonds. The molecule has 3 heterocycles. The molecule has 1 aliphatic heterocycles. The third-order valence-electron chi connectivity index (χ3n) is 4.83. The summed E-state index contributed by atoms with van der Waals surface area (Å²) in [5.41, 5.74) is 2.19. The molecule has 0 radical (unpaired) electrons. The summed E-state index contributed by atoms with van der Waals surface area (Å²) in [6, 6.07) is 3.88. The van der Waals surface area contributed by atoms with E-state index in [-0.39, 0.29) is 0 Å². The van der Waals surface area contributed by atoms with Gasteiger partial charge >= 0.3 is 5.97 Å². The van der Waals surface area contributed by atoms with Crippen LogP contribution >= 0.6 is 0 Å². The largest absolute Gasteiger partial charge is 0.481 e. The molecular weight excluding hydrogens is 320 g/mol. The number of hydrogen-bond acceptors (Lipinski definition) is 6. The van der Waals surface area contributed by atoms with Crippen LogP contribution in [0, 0.1) is 5.92 Å². The van der Waals surface area contributed by atoms with E-state index >= 15 is 0 Å². The minimum Gasteiger partial charge on any atom is -0.481 e. The van der Waals surface area contributed by atoms with Gasteiger partial charge in [0.25, 0.3) is 0 Å². The van der Waals surface area contributed by atoms with E-state index in [1.165, 1.54) is 12.8 Å². The molecule has 0 aromatic carbocycles. The van der Waals surface area contributed by atoms with Crippen molar-refractivity contribution in [3.63, 3.8) is 0 Å². The van der Waals surface area contributed by atoms with E-state index in [4.69, 9.17) is 0 Å². The number of nitrogens with one attached hydrogen (secondary N) is 1. The second-order valence-electron chi connectivity index (χ2n) is 6.86. The molecule has 0 bridgehead atoms. The molecule has 2 aromatic heterocycles. The summed E-state index contributed by atoms with van der Waals surface area (Å²) in [5, 5.41) is 17.1. The third-order valence-corrected chi connectivity index (χ3v) is 4.83. The molecule has 1 saturated heterocycles. The number of carboxylic acid groups (broad SMARTS) is 1. The number of hydrogen-bond donors (Lipinski definition) is 2. The van der Waals surface area contributed by atoms with Crippen molar-refractivity contribution in [2.24, 2.45) is 5.92 Å². The monoisotopic (exact) mass is 342 g/mol. The fourth-order valence-electron chi connectivity index (χ4n) is 3.31. The van der Waals surface area contributed by atoms with Crippen molar-refractivity contribution in [3.8, 4) is 0 Å². The Hall–Kier alpha value is -2.48. The quantitative estimate of drug-likeness (QED) is 0.839. The fourth-order valence-corrected chi connectivity index (χ4v) is 3.31. The highest BCUT2D eigenvalue weighted by molar-refractivity contribution is 5.71. The summed E-state index contributed by atoms with van der Waals surface area (Å²) in [5.74, 6) is -0.0481. The maximum atomic E-state index is 11.7. The van der Waals surface area contributed by atoms with Gasteiger partial charge in [-0.05, 0) is 25.0 Å². The first kappa shape index (κ1) is 16.0. The number of aliphatic carboxylic acids is 1. The molecular formula is C17H22N6O2. The van der Waals surface area contributed by atoms with Crippen molar-refractivity contribution in [2.45, 2.75) is 25.3 Å². The molecule has 1 saturated carbocycles. The topological polar surface area (TPSA) is 98.2 Å². The summed E-state index contributed by atoms with van der Waals surface area (Å²) in [6.45, 7) is 3.09. The molecule has 1 aliphatic carbocycles. The van der Waals surface area contributed by atoms with Crippen LogP contribution in [0.4, 0.5) is 5.95 Å². The first-order valence-electron chi connectivity index (χ1n) is 8.70. The van der Waals surface area contributed by atoms with Gasteiger partial charge in [0, 0.05) is 56.7 Å². The van der Waals surface area contributed by atoms with Gasteiger partial charge in [-0.2, -0.15) is 5.10 Å². The Kier molecular flexibility index (Phi) is 4.35. The molecule has 1 atom stereocenters. The van der Waals surface area contributed by atoms with E-state index in [0.29, 0.717) is 38.0 Å². The highest BCUT2D eigenvalue weighted by atomic mass is 16.4. The van der Waals surface area contributed by atoms with Crippen LogP contribution in [0.2, 0.25) is 0 Å². The van der Waals surface area contributed by atoms with Gasteiger partial charge in [-0.15, -0.1) is 0 Å². The molecule has 2 fully saturated rings. The Morgan fingerprint density at radius 3 is 2.76 bits per heavy atom. The zero-order valence-corrected chi connectivity index (χ0v) is 14.0. The second kappa shape index (κ2) is 6.79. The normalized spacial score (nSPS) is 21.9. The lowest BCUT2D eigenvalue weighted by Gasteiger charge is -2.21. The summed E-state index contributed by atoms with van der Waals surface area (Å²) in [6.07, 6.45) is 5.82. The zero-order chi connectivity index (χ0) is 17.2. The average molecular weight is 342 g/mol. The Bertz CT molecular complexity index is 730. The van der Waals surface area contributed by atoms with Crippen molar-refractivity contribution < 1.29 is 9.90 Å². The molecule has 8 nitrogen and oxygen atoms in total. The van der Waals surface area contributed by atoms with Gasteiger partial charge in [0.15, 0.2) is 0 Å². The highest BCUT2D eigenvalue weighted by Crippen LogP contribution is 2.39. The highest BCUT2D eigenvalue weighted by Gasteiger charge is 2.30. The fraction of sp³-hybridized carbons (Fsp3) is 0.529. The molecule has 25 heavy (non-hydrogen) atoms. The van der Waals surface area contributed by atoms with Crippen molar-refractivity contribution in [1.82, 2.24) is 25.1 Å².